The van der Waals surface area contributed by atoms with Gasteiger partial charge in [0.2, 0.25) is 0 Å². The molecule has 0 aromatic heterocycles. The fourth-order valence-electron chi connectivity index (χ4n) is 1.44. The number of esters is 1. The maximum atomic E-state index is 11.8. The van der Waals surface area contributed by atoms with E-state index >= 15 is 0 Å². The molecule has 0 heterocycles. The van der Waals surface area contributed by atoms with E-state index in [9.17, 15) is 4.79 Å². The van der Waals surface area contributed by atoms with Crippen molar-refractivity contribution in [1.29, 1.82) is 0 Å². The number of ether oxygens (including phenoxy) is 2. The maximum Gasteiger partial charge on any atom is 0.349 e. The molecule has 21 heavy (non-hydrogen) atoms. The standard InChI is InChI=1S/C14H8Br2Cl2O3/c15-8-1-3-12(10(16)5-8)21-14(19)7-20-13-4-2-9(17)6-11(13)18/h1-6H,7H2. The minimum atomic E-state index is -0.538. The van der Waals surface area contributed by atoms with E-state index in [1.165, 1.54) is 6.07 Å². The molecule has 0 fully saturated rings. The van der Waals surface area contributed by atoms with Gasteiger partial charge in [0.1, 0.15) is 11.5 Å². The van der Waals surface area contributed by atoms with Gasteiger partial charge < -0.3 is 9.47 Å². The molecule has 2 aromatic carbocycles. The molecule has 0 atom stereocenters. The quantitative estimate of drug-likeness (QED) is 0.452. The van der Waals surface area contributed by atoms with E-state index in [4.69, 9.17) is 32.7 Å². The Morgan fingerprint density at radius 1 is 1.05 bits per heavy atom. The molecule has 0 aliphatic carbocycles. The van der Waals surface area contributed by atoms with Gasteiger partial charge >= 0.3 is 5.97 Å². The predicted molar refractivity (Wildman–Crippen MR) is 89.4 cm³/mol. The summed E-state index contributed by atoms with van der Waals surface area (Å²) in [6.45, 7) is -0.260. The number of halogens is 4. The summed E-state index contributed by atoms with van der Waals surface area (Å²) in [5.41, 5.74) is 0. The molecule has 0 saturated heterocycles. The van der Waals surface area contributed by atoms with E-state index in [1.807, 2.05) is 0 Å². The van der Waals surface area contributed by atoms with Gasteiger partial charge in [-0.05, 0) is 52.3 Å². The number of carbonyl (C=O) groups is 1. The fraction of sp³-hybridized carbons (Fsp3) is 0.0714. The number of rotatable bonds is 4. The highest BCUT2D eigenvalue weighted by atomic mass is 79.9. The van der Waals surface area contributed by atoms with Crippen molar-refractivity contribution >= 4 is 61.0 Å². The van der Waals surface area contributed by atoms with Crippen LogP contribution in [0, 0.1) is 0 Å². The highest BCUT2D eigenvalue weighted by Crippen LogP contribution is 2.29. The van der Waals surface area contributed by atoms with Crippen LogP contribution in [-0.4, -0.2) is 12.6 Å². The van der Waals surface area contributed by atoms with Gasteiger partial charge in [-0.1, -0.05) is 39.1 Å². The summed E-state index contributed by atoms with van der Waals surface area (Å²) in [6, 6.07) is 9.97. The predicted octanol–water partition coefficient (Wildman–Crippen LogP) is 5.50. The third-order valence-corrected chi connectivity index (χ3v) is 4.00. The van der Waals surface area contributed by atoms with Crippen LogP contribution >= 0.6 is 55.1 Å². The highest BCUT2D eigenvalue weighted by Gasteiger charge is 2.11. The van der Waals surface area contributed by atoms with Crippen molar-refractivity contribution in [3.05, 3.63) is 55.4 Å². The van der Waals surface area contributed by atoms with E-state index in [1.54, 1.807) is 30.3 Å². The molecule has 0 N–H and O–H groups in total. The van der Waals surface area contributed by atoms with Crippen LogP contribution < -0.4 is 9.47 Å². The van der Waals surface area contributed by atoms with Crippen molar-refractivity contribution in [3.63, 3.8) is 0 Å². The largest absolute Gasteiger partial charge is 0.480 e. The lowest BCUT2D eigenvalue weighted by Gasteiger charge is -2.09. The zero-order chi connectivity index (χ0) is 15.4. The van der Waals surface area contributed by atoms with Crippen LogP contribution in [0.2, 0.25) is 10.0 Å². The van der Waals surface area contributed by atoms with Crippen molar-refractivity contribution in [2.75, 3.05) is 6.61 Å². The first-order valence-electron chi connectivity index (χ1n) is 5.69. The summed E-state index contributed by atoms with van der Waals surface area (Å²) >= 11 is 18.3. The lowest BCUT2D eigenvalue weighted by molar-refractivity contribution is -0.136. The topological polar surface area (TPSA) is 35.5 Å². The van der Waals surface area contributed by atoms with E-state index in [0.717, 1.165) is 4.47 Å². The first-order valence-corrected chi connectivity index (χ1v) is 8.03. The summed E-state index contributed by atoms with van der Waals surface area (Å²) in [5, 5.41) is 0.828. The fourth-order valence-corrected chi connectivity index (χ4v) is 3.03. The second-order valence-electron chi connectivity index (χ2n) is 3.91. The van der Waals surface area contributed by atoms with Gasteiger partial charge in [0, 0.05) is 9.50 Å². The molecule has 7 heteroatoms. The molecular formula is C14H8Br2Cl2O3. The first kappa shape index (κ1) is 16.6. The molecule has 0 radical (unpaired) electrons. The highest BCUT2D eigenvalue weighted by molar-refractivity contribution is 9.11. The number of hydrogen-bond acceptors (Lipinski definition) is 3. The zero-order valence-corrected chi connectivity index (χ0v) is 15.1. The molecule has 0 spiro atoms. The van der Waals surface area contributed by atoms with Crippen molar-refractivity contribution < 1.29 is 14.3 Å². The number of benzene rings is 2. The van der Waals surface area contributed by atoms with Crippen LogP contribution in [0.4, 0.5) is 0 Å². The van der Waals surface area contributed by atoms with Crippen LogP contribution in [0.1, 0.15) is 0 Å². The van der Waals surface area contributed by atoms with Crippen LogP contribution in [0.15, 0.2) is 45.3 Å². The Morgan fingerprint density at radius 2 is 1.76 bits per heavy atom. The molecule has 2 aromatic rings. The number of hydrogen-bond donors (Lipinski definition) is 0. The van der Waals surface area contributed by atoms with Crippen molar-refractivity contribution in [2.24, 2.45) is 0 Å². The molecular weight excluding hydrogens is 447 g/mol. The molecule has 0 bridgehead atoms. The molecule has 0 aliphatic heterocycles. The van der Waals surface area contributed by atoms with Gasteiger partial charge in [0.25, 0.3) is 0 Å². The lowest BCUT2D eigenvalue weighted by atomic mass is 10.3. The normalized spacial score (nSPS) is 10.3. The third-order valence-electron chi connectivity index (χ3n) is 2.36. The van der Waals surface area contributed by atoms with E-state index < -0.39 is 5.97 Å². The summed E-state index contributed by atoms with van der Waals surface area (Å²) < 4.78 is 12.0. The van der Waals surface area contributed by atoms with E-state index in [2.05, 4.69) is 31.9 Å². The van der Waals surface area contributed by atoms with Gasteiger partial charge in [0.15, 0.2) is 6.61 Å². The van der Waals surface area contributed by atoms with Gasteiger partial charge in [-0.2, -0.15) is 0 Å². The Kier molecular flexibility index (Phi) is 5.93. The smallest absolute Gasteiger partial charge is 0.349 e. The maximum absolute atomic E-state index is 11.8. The van der Waals surface area contributed by atoms with Crippen LogP contribution in [-0.2, 0) is 4.79 Å². The van der Waals surface area contributed by atoms with Gasteiger partial charge in [-0.15, -0.1) is 0 Å². The van der Waals surface area contributed by atoms with Crippen molar-refractivity contribution in [3.8, 4) is 11.5 Å². The van der Waals surface area contributed by atoms with Crippen LogP contribution in [0.25, 0.3) is 0 Å². The van der Waals surface area contributed by atoms with Gasteiger partial charge in [-0.25, -0.2) is 4.79 Å². The summed E-state index contributed by atoms with van der Waals surface area (Å²) in [5.74, 6) is 0.242. The molecule has 2 rings (SSSR count). The Balaban J connectivity index is 1.96. The van der Waals surface area contributed by atoms with Crippen molar-refractivity contribution in [2.45, 2.75) is 0 Å². The first-order chi connectivity index (χ1) is 9.95. The SMILES string of the molecule is O=C(COc1ccc(Cl)cc1Cl)Oc1ccc(Br)cc1Br. The Labute approximate surface area is 148 Å². The molecule has 0 saturated carbocycles. The Bertz CT molecular complexity index is 677. The van der Waals surface area contributed by atoms with E-state index in [-0.39, 0.29) is 6.61 Å². The second kappa shape index (κ2) is 7.49. The monoisotopic (exact) mass is 452 g/mol. The third kappa shape index (κ3) is 4.88. The summed E-state index contributed by atoms with van der Waals surface area (Å²) in [7, 11) is 0. The molecule has 0 aliphatic rings. The lowest BCUT2D eigenvalue weighted by Crippen LogP contribution is -2.18. The molecule has 110 valence electrons. The zero-order valence-electron chi connectivity index (χ0n) is 10.4. The van der Waals surface area contributed by atoms with Crippen LogP contribution in [0.3, 0.4) is 0 Å². The molecule has 3 nitrogen and oxygen atoms in total. The van der Waals surface area contributed by atoms with Crippen LogP contribution in [0.5, 0.6) is 11.5 Å². The second-order valence-corrected chi connectivity index (χ2v) is 6.53. The average Bonchev–Trinajstić information content (AvgIpc) is 2.41. The van der Waals surface area contributed by atoms with E-state index in [0.29, 0.717) is 26.0 Å². The minimum Gasteiger partial charge on any atom is -0.480 e. The Hall–Kier alpha value is -0.750. The molecule has 0 amide bonds. The van der Waals surface area contributed by atoms with Gasteiger partial charge in [-0.3, -0.25) is 0 Å². The van der Waals surface area contributed by atoms with Crippen molar-refractivity contribution in [1.82, 2.24) is 0 Å². The molecule has 0 unspecified atom stereocenters. The summed E-state index contributed by atoms with van der Waals surface area (Å²) in [4.78, 5) is 11.8. The Morgan fingerprint density at radius 3 is 2.43 bits per heavy atom. The minimum absolute atomic E-state index is 0.260. The number of carbonyl (C=O) groups excluding carboxylic acids is 1. The van der Waals surface area contributed by atoms with Gasteiger partial charge in [0.05, 0.1) is 9.50 Å². The summed E-state index contributed by atoms with van der Waals surface area (Å²) in [6.07, 6.45) is 0. The average molecular weight is 455 g/mol.